The van der Waals surface area contributed by atoms with E-state index in [0.29, 0.717) is 55.4 Å². The van der Waals surface area contributed by atoms with Gasteiger partial charge in [0.05, 0.1) is 18.0 Å². The number of carbonyl (C=O) groups excluding carboxylic acids is 4. The highest BCUT2D eigenvalue weighted by Gasteiger charge is 2.43. The zero-order chi connectivity index (χ0) is 38.1. The second-order valence-corrected chi connectivity index (χ2v) is 14.8. The van der Waals surface area contributed by atoms with Crippen LogP contribution in [0.1, 0.15) is 96.8 Å². The Hall–Kier alpha value is -4.62. The summed E-state index contributed by atoms with van der Waals surface area (Å²) in [5.74, 6) is -1.05. The van der Waals surface area contributed by atoms with Gasteiger partial charge in [-0.15, -0.1) is 6.58 Å². The second-order valence-electron chi connectivity index (χ2n) is 14.8. The third kappa shape index (κ3) is 9.49. The average molecular weight is 737 g/mol. The summed E-state index contributed by atoms with van der Waals surface area (Å²) in [7, 11) is 1.53. The molecule has 1 aromatic carbocycles. The Morgan fingerprint density at radius 2 is 1.79 bits per heavy atom. The van der Waals surface area contributed by atoms with Gasteiger partial charge in [0.15, 0.2) is 0 Å². The van der Waals surface area contributed by atoms with Crippen LogP contribution in [-0.4, -0.2) is 76.1 Å². The van der Waals surface area contributed by atoms with Crippen LogP contribution < -0.4 is 32.4 Å². The summed E-state index contributed by atoms with van der Waals surface area (Å²) in [6.07, 6.45) is 11.6. The zero-order valence-electron chi connectivity index (χ0n) is 31.1. The first-order valence-corrected chi connectivity index (χ1v) is 19.4. The minimum absolute atomic E-state index is 0.0625. The molecule has 2 saturated carbocycles. The van der Waals surface area contributed by atoms with Crippen molar-refractivity contribution < 1.29 is 28.7 Å². The van der Waals surface area contributed by atoms with Gasteiger partial charge in [-0.1, -0.05) is 38.7 Å². The van der Waals surface area contributed by atoms with E-state index in [1.807, 2.05) is 6.92 Å². The molecule has 53 heavy (non-hydrogen) atoms. The summed E-state index contributed by atoms with van der Waals surface area (Å²) in [5.41, 5.74) is 5.28. The Morgan fingerprint density at radius 1 is 1.02 bits per heavy atom. The van der Waals surface area contributed by atoms with E-state index in [2.05, 4.69) is 22.2 Å². The number of unbranched alkanes of at least 4 members (excludes halogenated alkanes) is 2. The molecule has 2 aliphatic carbocycles. The number of aromatic nitrogens is 2. The number of H-pyrrole nitrogens is 1. The molecule has 0 bridgehead atoms. The maximum absolute atomic E-state index is 14.1. The SMILES string of the molecule is C=CC(CC)C(NC(=O)C1CCCN1C(=O)C(NC(=O)OC1CCCC1CCCCCn1c(=O)[nH]c2cc(OC)ccc2c1=O)C1CCCC1)C(N)=O. The molecule has 0 radical (unpaired) electrons. The summed E-state index contributed by atoms with van der Waals surface area (Å²) >= 11 is 0. The number of hydrogen-bond acceptors (Lipinski definition) is 8. The number of nitrogens with one attached hydrogen (secondary N) is 3. The molecule has 3 fully saturated rings. The molecule has 1 saturated heterocycles. The second kappa shape index (κ2) is 18.4. The number of carbonyl (C=O) groups is 4. The van der Waals surface area contributed by atoms with Crippen LogP contribution in [0.5, 0.6) is 5.75 Å². The third-order valence-electron chi connectivity index (χ3n) is 11.5. The lowest BCUT2D eigenvalue weighted by Crippen LogP contribution is -2.58. The molecule has 1 aromatic heterocycles. The molecule has 0 spiro atoms. The van der Waals surface area contributed by atoms with Gasteiger partial charge in [-0.05, 0) is 88.2 Å². The van der Waals surface area contributed by atoms with Gasteiger partial charge in [0.2, 0.25) is 17.7 Å². The van der Waals surface area contributed by atoms with Gasteiger partial charge in [-0.25, -0.2) is 9.59 Å². The van der Waals surface area contributed by atoms with Gasteiger partial charge >= 0.3 is 11.8 Å². The molecular formula is C39H56N6O8. The van der Waals surface area contributed by atoms with Crippen molar-refractivity contribution in [1.82, 2.24) is 25.1 Å². The highest BCUT2D eigenvalue weighted by molar-refractivity contribution is 5.94. The number of methoxy groups -OCH3 is 1. The lowest BCUT2D eigenvalue weighted by Gasteiger charge is -2.32. The number of rotatable bonds is 17. The van der Waals surface area contributed by atoms with Crippen LogP contribution in [0.3, 0.4) is 0 Å². The summed E-state index contributed by atoms with van der Waals surface area (Å²) in [6, 6.07) is 2.48. The number of amides is 4. The van der Waals surface area contributed by atoms with Gasteiger partial charge in [-0.3, -0.25) is 23.7 Å². The molecule has 14 heteroatoms. The summed E-state index contributed by atoms with van der Waals surface area (Å²) in [4.78, 5) is 83.1. The summed E-state index contributed by atoms with van der Waals surface area (Å²) in [6.45, 7) is 6.33. The number of nitrogens with zero attached hydrogens (tertiary/aromatic N) is 2. The van der Waals surface area contributed by atoms with Crippen molar-refractivity contribution >= 4 is 34.7 Å². The fraction of sp³-hybridized carbons (Fsp3) is 0.641. The van der Waals surface area contributed by atoms with Crippen molar-refractivity contribution in [3.63, 3.8) is 0 Å². The first-order chi connectivity index (χ1) is 25.6. The van der Waals surface area contributed by atoms with Crippen LogP contribution >= 0.6 is 0 Å². The van der Waals surface area contributed by atoms with Crippen molar-refractivity contribution in [3.05, 3.63) is 51.7 Å². The highest BCUT2D eigenvalue weighted by atomic mass is 16.6. The van der Waals surface area contributed by atoms with Crippen molar-refractivity contribution in [2.24, 2.45) is 23.5 Å². The van der Waals surface area contributed by atoms with Gasteiger partial charge in [0.1, 0.15) is 30.0 Å². The average Bonchev–Trinajstić information content (AvgIpc) is 3.94. The minimum Gasteiger partial charge on any atom is -0.497 e. The maximum Gasteiger partial charge on any atom is 0.408 e. The molecule has 5 rings (SSSR count). The number of primary amides is 1. The van der Waals surface area contributed by atoms with Gasteiger partial charge < -0.3 is 35.7 Å². The number of alkyl carbamates (subject to hydrolysis) is 1. The smallest absolute Gasteiger partial charge is 0.408 e. The van der Waals surface area contributed by atoms with E-state index in [9.17, 15) is 28.8 Å². The van der Waals surface area contributed by atoms with Crippen molar-refractivity contribution in [3.8, 4) is 5.75 Å². The topological polar surface area (TPSA) is 195 Å². The largest absolute Gasteiger partial charge is 0.497 e. The van der Waals surface area contributed by atoms with Gasteiger partial charge in [0, 0.05) is 25.1 Å². The lowest BCUT2D eigenvalue weighted by molar-refractivity contribution is -0.141. The van der Waals surface area contributed by atoms with E-state index in [0.717, 1.165) is 64.2 Å². The molecule has 2 aromatic rings. The van der Waals surface area contributed by atoms with Crippen LogP contribution in [0, 0.1) is 17.8 Å². The number of aromatic amines is 1. The maximum atomic E-state index is 14.1. The van der Waals surface area contributed by atoms with E-state index in [4.69, 9.17) is 15.2 Å². The molecule has 6 unspecified atom stereocenters. The van der Waals surface area contributed by atoms with Crippen molar-refractivity contribution in [2.75, 3.05) is 13.7 Å². The number of likely N-dealkylation sites (tertiary alicyclic amines) is 1. The molecule has 14 nitrogen and oxygen atoms in total. The molecule has 290 valence electrons. The monoisotopic (exact) mass is 736 g/mol. The summed E-state index contributed by atoms with van der Waals surface area (Å²) in [5, 5.41) is 6.12. The van der Waals surface area contributed by atoms with E-state index in [1.165, 1.54) is 11.7 Å². The molecule has 6 atom stereocenters. The third-order valence-corrected chi connectivity index (χ3v) is 11.5. The zero-order valence-corrected chi connectivity index (χ0v) is 31.1. The predicted octanol–water partition coefficient (Wildman–Crippen LogP) is 3.89. The number of benzene rings is 1. The normalized spacial score (nSPS) is 21.9. The fourth-order valence-electron chi connectivity index (χ4n) is 8.53. The van der Waals surface area contributed by atoms with E-state index in [-0.39, 0.29) is 35.3 Å². The first kappa shape index (κ1) is 39.6. The van der Waals surface area contributed by atoms with E-state index in [1.54, 1.807) is 29.2 Å². The Labute approximate surface area is 310 Å². The molecule has 5 N–H and O–H groups in total. The first-order valence-electron chi connectivity index (χ1n) is 19.4. The van der Waals surface area contributed by atoms with Crippen LogP contribution in [-0.2, 0) is 25.7 Å². The quantitative estimate of drug-likeness (QED) is 0.139. The van der Waals surface area contributed by atoms with E-state index < -0.39 is 41.7 Å². The summed E-state index contributed by atoms with van der Waals surface area (Å²) < 4.78 is 12.4. The standard InChI is InChI=1S/C39H56N6O8/c1-4-24(5-2)32(34(40)46)42-35(47)30-17-12-22-44(30)37(49)33(26-14-8-9-15-26)43-39(51)53-31-18-11-16-25(31)13-7-6-10-21-45-36(48)28-20-19-27(52-3)23-29(28)41-38(45)50/h4,19-20,23-26,30-33H,1,5-18,21-22H2,2-3H3,(H2,40,46)(H,41,50)(H,42,47)(H,43,51). The van der Waals surface area contributed by atoms with Crippen molar-refractivity contribution in [2.45, 2.75) is 128 Å². The molecule has 3 aliphatic rings. The van der Waals surface area contributed by atoms with Crippen LogP contribution in [0.4, 0.5) is 4.79 Å². The molecular weight excluding hydrogens is 680 g/mol. The number of hydrogen-bond donors (Lipinski definition) is 4. The molecule has 4 amide bonds. The fourth-order valence-corrected chi connectivity index (χ4v) is 8.53. The van der Waals surface area contributed by atoms with Crippen LogP contribution in [0.15, 0.2) is 40.4 Å². The number of nitrogens with two attached hydrogens (primary N) is 1. The number of fused-ring (bicyclic) bond motifs is 1. The van der Waals surface area contributed by atoms with Crippen LogP contribution in [0.25, 0.3) is 10.9 Å². The number of ether oxygens (including phenoxy) is 2. The molecule has 2 heterocycles. The Balaban J connectivity index is 1.14. The van der Waals surface area contributed by atoms with E-state index >= 15 is 0 Å². The van der Waals surface area contributed by atoms with Gasteiger partial charge in [0.25, 0.3) is 5.56 Å². The highest BCUT2D eigenvalue weighted by Crippen LogP contribution is 2.34. The Bertz CT molecular complexity index is 1750. The Morgan fingerprint density at radius 3 is 2.49 bits per heavy atom. The van der Waals surface area contributed by atoms with Gasteiger partial charge in [-0.2, -0.15) is 0 Å². The Kier molecular flexibility index (Phi) is 13.8. The molecule has 1 aliphatic heterocycles. The predicted molar refractivity (Wildman–Crippen MR) is 200 cm³/mol. The van der Waals surface area contributed by atoms with Crippen molar-refractivity contribution in [1.29, 1.82) is 0 Å². The van der Waals surface area contributed by atoms with Crippen LogP contribution in [0.2, 0.25) is 0 Å². The minimum atomic E-state index is -0.926. The lowest BCUT2D eigenvalue weighted by atomic mass is 9.95.